The van der Waals surface area contributed by atoms with Crippen LogP contribution in [-0.2, 0) is 13.0 Å². The number of rotatable bonds is 6. The van der Waals surface area contributed by atoms with Gasteiger partial charge in [-0.2, -0.15) is 0 Å². The van der Waals surface area contributed by atoms with Crippen LogP contribution in [0.5, 0.6) is 5.75 Å². The average molecular weight is 330 g/mol. The Bertz CT molecular complexity index is 513. The lowest BCUT2D eigenvalue weighted by atomic mass is 10.1. The molecule has 0 bridgehead atoms. The van der Waals surface area contributed by atoms with Gasteiger partial charge in [0.1, 0.15) is 12.4 Å². The summed E-state index contributed by atoms with van der Waals surface area (Å²) in [6, 6.07) is 16.8. The monoisotopic (exact) mass is 328 g/mol. The molecule has 0 radical (unpaired) electrons. The van der Waals surface area contributed by atoms with Crippen LogP contribution in [0, 0.1) is 0 Å². The van der Waals surface area contributed by atoms with E-state index in [9.17, 15) is 0 Å². The van der Waals surface area contributed by atoms with Crippen molar-refractivity contribution in [1.29, 1.82) is 0 Å². The molecule has 0 fully saturated rings. The first kappa shape index (κ1) is 14.9. The molecule has 0 amide bonds. The Morgan fingerprint density at radius 3 is 2.58 bits per heavy atom. The second kappa shape index (κ2) is 7.93. The normalized spacial score (nSPS) is 10.0. The standard InChI is InChI=1S/C16H17O.BrH.Mg/c1-2-7-14-10-6-11-16(12-14)17-13-15-8-4-3-5-9-15;;/h3-6,8-9,11-12H,2,7,13H2,1H3;1H;/q;;+1/p-1. The van der Waals surface area contributed by atoms with Gasteiger partial charge in [0.15, 0.2) is 0 Å². The molecule has 0 N–H and O–H groups in total. The van der Waals surface area contributed by atoms with Crippen molar-refractivity contribution in [3.63, 3.8) is 0 Å². The number of hydrogen-bond acceptors (Lipinski definition) is 1. The van der Waals surface area contributed by atoms with Crippen LogP contribution in [-0.4, -0.2) is 18.2 Å². The molecule has 0 aliphatic rings. The maximum Gasteiger partial charge on any atom is 0.507 e. The van der Waals surface area contributed by atoms with E-state index in [1.165, 1.54) is 21.2 Å². The lowest BCUT2D eigenvalue weighted by Crippen LogP contribution is -2.15. The highest BCUT2D eigenvalue weighted by Crippen LogP contribution is 2.15. The summed E-state index contributed by atoms with van der Waals surface area (Å²) in [5.41, 5.74) is 2.65. The smallest absolute Gasteiger partial charge is 0.489 e. The molecule has 0 saturated heterocycles. The molecule has 3 heteroatoms. The van der Waals surface area contributed by atoms with Gasteiger partial charge in [-0.15, -0.1) is 3.69 Å². The molecule has 2 rings (SSSR count). The third kappa shape index (κ3) is 4.51. The van der Waals surface area contributed by atoms with Crippen molar-refractivity contribution in [3.8, 4) is 5.75 Å². The molecule has 0 spiro atoms. The van der Waals surface area contributed by atoms with Gasteiger partial charge in [0.05, 0.1) is 0 Å². The highest BCUT2D eigenvalue weighted by atomic mass is 79.9. The van der Waals surface area contributed by atoms with Crippen LogP contribution in [0.25, 0.3) is 0 Å². The summed E-state index contributed by atoms with van der Waals surface area (Å²) in [4.78, 5) is 0. The summed E-state index contributed by atoms with van der Waals surface area (Å²) >= 11 is 3.40. The number of ether oxygens (including phenoxy) is 1. The van der Waals surface area contributed by atoms with Crippen molar-refractivity contribution in [2.24, 2.45) is 0 Å². The zero-order chi connectivity index (χ0) is 13.5. The van der Waals surface area contributed by atoms with E-state index in [2.05, 4.69) is 50.1 Å². The van der Waals surface area contributed by atoms with Gasteiger partial charge < -0.3 is 4.74 Å². The molecule has 96 valence electrons. The molecule has 1 nitrogen and oxygen atoms in total. The van der Waals surface area contributed by atoms with Gasteiger partial charge in [0, 0.05) is 0 Å². The molecular formula is C16H17BrMgO. The van der Waals surface area contributed by atoms with E-state index in [1.54, 1.807) is 0 Å². The minimum Gasteiger partial charge on any atom is -0.489 e. The van der Waals surface area contributed by atoms with E-state index < -0.39 is 0 Å². The second-order valence-electron chi connectivity index (χ2n) is 4.59. The summed E-state index contributed by atoms with van der Waals surface area (Å²) < 4.78 is 7.37. The van der Waals surface area contributed by atoms with Crippen LogP contribution in [0.3, 0.4) is 0 Å². The molecule has 2 aromatic carbocycles. The zero-order valence-electron chi connectivity index (χ0n) is 11.2. The summed E-state index contributed by atoms with van der Waals surface area (Å²) in [6.07, 6.45) is 2.31. The van der Waals surface area contributed by atoms with E-state index >= 15 is 0 Å². The Labute approximate surface area is 131 Å². The summed E-state index contributed by atoms with van der Waals surface area (Å²) in [7, 11) is 0. The number of hydrogen-bond donors (Lipinski definition) is 0. The van der Waals surface area contributed by atoms with Crippen molar-refractivity contribution in [2.45, 2.75) is 26.4 Å². The van der Waals surface area contributed by atoms with Crippen molar-refractivity contribution in [2.75, 3.05) is 0 Å². The number of benzene rings is 2. The first-order valence-corrected chi connectivity index (χ1v) is 11.3. The Kier molecular flexibility index (Phi) is 6.21. The highest BCUT2D eigenvalue weighted by molar-refractivity contribution is 9.23. The molecule has 0 saturated carbocycles. The van der Waals surface area contributed by atoms with Gasteiger partial charge in [-0.05, 0) is 24.1 Å². The van der Waals surface area contributed by atoms with Crippen LogP contribution >= 0.6 is 12.9 Å². The zero-order valence-corrected chi connectivity index (χ0v) is 14.2. The summed E-state index contributed by atoms with van der Waals surface area (Å²) in [5, 5.41) is 0. The Morgan fingerprint density at radius 1 is 1.11 bits per heavy atom. The Hall–Kier alpha value is -0.514. The minimum atomic E-state index is -0.282. The topological polar surface area (TPSA) is 9.23 Å². The first-order chi connectivity index (χ1) is 9.33. The van der Waals surface area contributed by atoms with Gasteiger partial charge in [-0.3, -0.25) is 12.9 Å². The van der Waals surface area contributed by atoms with Crippen LogP contribution in [0.1, 0.15) is 24.5 Å². The molecule has 2 aromatic rings. The van der Waals surface area contributed by atoms with Crippen molar-refractivity contribution < 1.29 is 4.74 Å². The van der Waals surface area contributed by atoms with E-state index in [4.69, 9.17) is 4.74 Å². The van der Waals surface area contributed by atoms with E-state index in [0.29, 0.717) is 6.61 Å². The van der Waals surface area contributed by atoms with Crippen molar-refractivity contribution >= 4 is 34.8 Å². The number of halogens is 1. The fourth-order valence-corrected chi connectivity index (χ4v) is 4.36. The van der Waals surface area contributed by atoms with Gasteiger partial charge >= 0.3 is 18.2 Å². The fourth-order valence-electron chi connectivity index (χ4n) is 2.07. The summed E-state index contributed by atoms with van der Waals surface area (Å²) in [5.74, 6) is 0.978. The summed E-state index contributed by atoms with van der Waals surface area (Å²) in [6.45, 7) is 2.86. The molecule has 19 heavy (non-hydrogen) atoms. The molecule has 0 aliphatic heterocycles. The van der Waals surface area contributed by atoms with Crippen molar-refractivity contribution in [1.82, 2.24) is 0 Å². The fraction of sp³-hybridized carbons (Fsp3) is 0.250. The maximum atomic E-state index is 5.88. The third-order valence-electron chi connectivity index (χ3n) is 3.09. The lowest BCUT2D eigenvalue weighted by Gasteiger charge is -2.11. The van der Waals surface area contributed by atoms with Crippen LogP contribution < -0.4 is 8.43 Å². The molecule has 0 aromatic heterocycles. The van der Waals surface area contributed by atoms with E-state index in [-0.39, 0.29) is 18.2 Å². The molecule has 0 aliphatic carbocycles. The van der Waals surface area contributed by atoms with Crippen LogP contribution in [0.4, 0.5) is 0 Å². The van der Waals surface area contributed by atoms with Gasteiger partial charge in [-0.1, -0.05) is 55.3 Å². The highest BCUT2D eigenvalue weighted by Gasteiger charge is 2.05. The predicted molar refractivity (Wildman–Crippen MR) is 85.5 cm³/mol. The van der Waals surface area contributed by atoms with Gasteiger partial charge in [-0.25, -0.2) is 0 Å². The average Bonchev–Trinajstić information content (AvgIpc) is 2.47. The molecule has 0 unspecified atom stereocenters. The van der Waals surface area contributed by atoms with Gasteiger partial charge in [0.2, 0.25) is 0 Å². The second-order valence-corrected chi connectivity index (χ2v) is 7.30. The Balaban J connectivity index is 2.06. The third-order valence-corrected chi connectivity index (χ3v) is 5.88. The van der Waals surface area contributed by atoms with Crippen LogP contribution in [0.15, 0.2) is 48.5 Å². The molecule has 0 atom stereocenters. The maximum absolute atomic E-state index is 5.88. The molecular weight excluding hydrogens is 312 g/mol. The Morgan fingerprint density at radius 2 is 1.89 bits per heavy atom. The van der Waals surface area contributed by atoms with Gasteiger partial charge in [0.25, 0.3) is 0 Å². The predicted octanol–water partition coefficient (Wildman–Crippen LogP) is 3.86. The molecule has 0 heterocycles. The van der Waals surface area contributed by atoms with Crippen LogP contribution in [0.2, 0.25) is 0 Å². The number of aryl methyl sites for hydroxylation is 1. The first-order valence-electron chi connectivity index (χ1n) is 6.68. The lowest BCUT2D eigenvalue weighted by molar-refractivity contribution is 0.306. The quantitative estimate of drug-likeness (QED) is 0.731. The van der Waals surface area contributed by atoms with E-state index in [0.717, 1.165) is 12.2 Å². The van der Waals surface area contributed by atoms with E-state index in [1.807, 2.05) is 18.2 Å². The SMILES string of the molecule is CCCc1cc(OCc2ccccc2)cc[c]1[Mg][Br]. The largest absolute Gasteiger partial charge is 0.507 e. The minimum absolute atomic E-state index is 0.282. The van der Waals surface area contributed by atoms with Crippen molar-refractivity contribution in [3.05, 3.63) is 59.7 Å².